The van der Waals surface area contributed by atoms with E-state index in [2.05, 4.69) is 22.0 Å². The lowest BCUT2D eigenvalue weighted by Crippen LogP contribution is -2.53. The predicted octanol–water partition coefficient (Wildman–Crippen LogP) is 3.74. The van der Waals surface area contributed by atoms with Gasteiger partial charge in [0.1, 0.15) is 5.75 Å². The van der Waals surface area contributed by atoms with Gasteiger partial charge in [-0.1, -0.05) is 19.3 Å². The summed E-state index contributed by atoms with van der Waals surface area (Å²) in [6, 6.07) is 6.23. The zero-order chi connectivity index (χ0) is 16.0. The second-order valence-corrected chi connectivity index (χ2v) is 6.90. The molecule has 4 heteroatoms. The first kappa shape index (κ1) is 14.6. The summed E-state index contributed by atoms with van der Waals surface area (Å²) in [4.78, 5) is 18.1. The van der Waals surface area contributed by atoms with Crippen molar-refractivity contribution in [1.82, 2.24) is 9.88 Å². The molecule has 1 fully saturated rings. The van der Waals surface area contributed by atoms with E-state index in [1.165, 1.54) is 35.9 Å². The van der Waals surface area contributed by atoms with Gasteiger partial charge in [-0.05, 0) is 43.0 Å². The highest BCUT2D eigenvalue weighted by atomic mass is 16.5. The Morgan fingerprint density at radius 1 is 1.26 bits per heavy atom. The number of carbonyl (C=O) groups excluding carboxylic acids is 1. The van der Waals surface area contributed by atoms with E-state index in [4.69, 9.17) is 4.74 Å². The van der Waals surface area contributed by atoms with Crippen LogP contribution < -0.4 is 4.74 Å². The summed E-state index contributed by atoms with van der Waals surface area (Å²) in [7, 11) is 1.71. The van der Waals surface area contributed by atoms with Gasteiger partial charge in [-0.25, -0.2) is 0 Å². The summed E-state index contributed by atoms with van der Waals surface area (Å²) in [5.41, 5.74) is 3.70. The third-order valence-electron chi connectivity index (χ3n) is 5.74. The van der Waals surface area contributed by atoms with Crippen molar-refractivity contribution in [2.45, 2.75) is 51.0 Å². The highest BCUT2D eigenvalue weighted by Gasteiger charge is 2.46. The quantitative estimate of drug-likeness (QED) is 0.872. The van der Waals surface area contributed by atoms with Gasteiger partial charge in [-0.2, -0.15) is 0 Å². The van der Waals surface area contributed by atoms with Crippen LogP contribution in [-0.2, 0) is 16.8 Å². The molecule has 122 valence electrons. The van der Waals surface area contributed by atoms with E-state index in [0.29, 0.717) is 0 Å². The van der Waals surface area contributed by atoms with Crippen LogP contribution in [0.5, 0.6) is 5.75 Å². The molecular formula is C19H24N2O2. The van der Waals surface area contributed by atoms with Crippen LogP contribution in [0.3, 0.4) is 0 Å². The molecule has 0 radical (unpaired) electrons. The predicted molar refractivity (Wildman–Crippen MR) is 90.7 cm³/mol. The Bertz CT molecular complexity index is 756. The number of rotatable bonds is 1. The third-order valence-corrected chi connectivity index (χ3v) is 5.74. The molecule has 1 saturated carbocycles. The molecule has 2 aliphatic rings. The van der Waals surface area contributed by atoms with Crippen LogP contribution in [0, 0.1) is 0 Å². The molecule has 1 aliphatic carbocycles. The van der Waals surface area contributed by atoms with Gasteiger partial charge in [-0.15, -0.1) is 0 Å². The Morgan fingerprint density at radius 2 is 2.04 bits per heavy atom. The van der Waals surface area contributed by atoms with E-state index in [9.17, 15) is 4.79 Å². The molecule has 1 amide bonds. The number of hydrogen-bond donors (Lipinski definition) is 1. The van der Waals surface area contributed by atoms with E-state index >= 15 is 0 Å². The molecule has 1 aromatic heterocycles. The van der Waals surface area contributed by atoms with Crippen LogP contribution in [0.1, 0.15) is 50.3 Å². The van der Waals surface area contributed by atoms with Crippen molar-refractivity contribution in [2.75, 3.05) is 13.7 Å². The molecule has 0 atom stereocenters. The fourth-order valence-corrected chi connectivity index (χ4v) is 4.70. The van der Waals surface area contributed by atoms with Gasteiger partial charge in [0.2, 0.25) is 5.91 Å². The zero-order valence-electron chi connectivity index (χ0n) is 13.9. The van der Waals surface area contributed by atoms with E-state index in [1.54, 1.807) is 14.0 Å². The van der Waals surface area contributed by atoms with Crippen LogP contribution >= 0.6 is 0 Å². The maximum absolute atomic E-state index is 12.3. The highest BCUT2D eigenvalue weighted by Crippen LogP contribution is 2.47. The minimum absolute atomic E-state index is 0.121. The van der Waals surface area contributed by atoms with Crippen molar-refractivity contribution >= 4 is 16.8 Å². The minimum atomic E-state index is -0.121. The Labute approximate surface area is 136 Å². The van der Waals surface area contributed by atoms with E-state index in [0.717, 1.165) is 37.1 Å². The fraction of sp³-hybridized carbons (Fsp3) is 0.526. The maximum Gasteiger partial charge on any atom is 0.220 e. The molecule has 2 aromatic rings. The first-order valence-corrected chi connectivity index (χ1v) is 8.63. The monoisotopic (exact) mass is 312 g/mol. The van der Waals surface area contributed by atoms with Gasteiger partial charge in [0, 0.05) is 30.1 Å². The average molecular weight is 312 g/mol. The number of aromatic amines is 1. The van der Waals surface area contributed by atoms with E-state index in [1.807, 2.05) is 6.07 Å². The molecule has 1 aliphatic heterocycles. The van der Waals surface area contributed by atoms with Crippen molar-refractivity contribution in [3.8, 4) is 5.75 Å². The van der Waals surface area contributed by atoms with E-state index < -0.39 is 0 Å². The van der Waals surface area contributed by atoms with Crippen LogP contribution in [0.15, 0.2) is 18.2 Å². The molecule has 2 heterocycles. The topological polar surface area (TPSA) is 45.3 Å². The molecule has 0 saturated heterocycles. The lowest BCUT2D eigenvalue weighted by atomic mass is 9.74. The molecule has 0 unspecified atom stereocenters. The second-order valence-electron chi connectivity index (χ2n) is 6.90. The van der Waals surface area contributed by atoms with Crippen molar-refractivity contribution in [3.63, 3.8) is 0 Å². The van der Waals surface area contributed by atoms with Crippen LogP contribution in [0.2, 0.25) is 0 Å². The van der Waals surface area contributed by atoms with Crippen molar-refractivity contribution in [1.29, 1.82) is 0 Å². The first-order chi connectivity index (χ1) is 11.2. The normalized spacial score (nSPS) is 19.8. The molecule has 1 aromatic carbocycles. The Hall–Kier alpha value is -1.97. The number of methoxy groups -OCH3 is 1. The molecule has 1 N–H and O–H groups in total. The van der Waals surface area contributed by atoms with Gasteiger partial charge >= 0.3 is 0 Å². The summed E-state index contributed by atoms with van der Waals surface area (Å²) in [6.45, 7) is 2.54. The lowest BCUT2D eigenvalue weighted by Gasteiger charge is -2.49. The molecule has 4 rings (SSSR count). The smallest absolute Gasteiger partial charge is 0.220 e. The Kier molecular flexibility index (Phi) is 3.36. The minimum Gasteiger partial charge on any atom is -0.497 e. The van der Waals surface area contributed by atoms with Gasteiger partial charge in [0.05, 0.1) is 12.6 Å². The number of fused-ring (bicyclic) bond motifs is 4. The summed E-state index contributed by atoms with van der Waals surface area (Å²) in [5, 5.41) is 1.26. The van der Waals surface area contributed by atoms with Crippen LogP contribution in [0.4, 0.5) is 0 Å². The highest BCUT2D eigenvalue weighted by molar-refractivity contribution is 5.87. The SMILES string of the molecule is COc1ccc2[nH]c3c(c2c1)CCN(C(C)=O)C31CCCCC1. The van der Waals surface area contributed by atoms with Crippen LogP contribution in [-0.4, -0.2) is 29.4 Å². The van der Waals surface area contributed by atoms with Crippen molar-refractivity contribution in [3.05, 3.63) is 29.5 Å². The number of amides is 1. The van der Waals surface area contributed by atoms with Crippen molar-refractivity contribution < 1.29 is 9.53 Å². The third kappa shape index (κ3) is 2.07. The summed E-state index contributed by atoms with van der Waals surface area (Å²) in [6.07, 6.45) is 6.73. The number of carbonyl (C=O) groups is 1. The first-order valence-electron chi connectivity index (χ1n) is 8.63. The Morgan fingerprint density at radius 3 is 2.74 bits per heavy atom. The summed E-state index contributed by atoms with van der Waals surface area (Å²) in [5.74, 6) is 1.10. The number of ether oxygens (including phenoxy) is 1. The largest absolute Gasteiger partial charge is 0.497 e. The van der Waals surface area contributed by atoms with E-state index in [-0.39, 0.29) is 11.4 Å². The fourth-order valence-electron chi connectivity index (χ4n) is 4.70. The molecular weight excluding hydrogens is 288 g/mol. The molecule has 1 spiro atoms. The Balaban J connectivity index is 1.92. The van der Waals surface area contributed by atoms with Gasteiger partial charge in [0.25, 0.3) is 0 Å². The number of H-pyrrole nitrogens is 1. The zero-order valence-corrected chi connectivity index (χ0v) is 13.9. The molecule has 0 bridgehead atoms. The second kappa shape index (κ2) is 5.29. The lowest BCUT2D eigenvalue weighted by molar-refractivity contribution is -0.138. The number of hydrogen-bond acceptors (Lipinski definition) is 2. The number of benzene rings is 1. The number of nitrogens with one attached hydrogen (secondary N) is 1. The van der Waals surface area contributed by atoms with Crippen LogP contribution in [0.25, 0.3) is 10.9 Å². The van der Waals surface area contributed by atoms with Gasteiger partial charge in [-0.3, -0.25) is 4.79 Å². The number of nitrogens with zero attached hydrogens (tertiary/aromatic N) is 1. The average Bonchev–Trinajstić information content (AvgIpc) is 2.95. The van der Waals surface area contributed by atoms with Crippen molar-refractivity contribution in [2.24, 2.45) is 0 Å². The number of aromatic nitrogens is 1. The van der Waals surface area contributed by atoms with Gasteiger partial charge < -0.3 is 14.6 Å². The molecule has 23 heavy (non-hydrogen) atoms. The maximum atomic E-state index is 12.3. The summed E-state index contributed by atoms with van der Waals surface area (Å²) >= 11 is 0. The summed E-state index contributed by atoms with van der Waals surface area (Å²) < 4.78 is 5.40. The standard InChI is InChI=1S/C19H24N2O2/c1-13(22)21-11-8-15-16-12-14(23-2)6-7-17(16)20-18(15)19(21)9-4-3-5-10-19/h6-7,12,20H,3-5,8-11H2,1-2H3. The van der Waals surface area contributed by atoms with Gasteiger partial charge in [0.15, 0.2) is 0 Å². The molecule has 4 nitrogen and oxygen atoms in total.